The van der Waals surface area contributed by atoms with Crippen LogP contribution in [-0.2, 0) is 10.0 Å². The highest BCUT2D eigenvalue weighted by atomic mass is 32.2. The van der Waals surface area contributed by atoms with E-state index in [1.165, 1.54) is 11.8 Å². The minimum Gasteiger partial charge on any atom is -0.279 e. The number of anilines is 1. The molecule has 2 rings (SSSR count). The molecule has 8 heteroatoms. The van der Waals surface area contributed by atoms with E-state index in [1.54, 1.807) is 50.4 Å². The number of amidine groups is 1. The van der Waals surface area contributed by atoms with Crippen molar-refractivity contribution in [3.8, 4) is 0 Å². The van der Waals surface area contributed by atoms with Crippen LogP contribution in [0.5, 0.6) is 0 Å². The van der Waals surface area contributed by atoms with E-state index in [0.29, 0.717) is 22.0 Å². The fraction of sp³-hybridized carbons (Fsp3) is 0.182. The van der Waals surface area contributed by atoms with Gasteiger partial charge in [0.05, 0.1) is 10.6 Å². The van der Waals surface area contributed by atoms with Crippen molar-refractivity contribution in [1.29, 1.82) is 0 Å². The topological polar surface area (TPSA) is 70.9 Å². The molecule has 0 bridgehead atoms. The van der Waals surface area contributed by atoms with E-state index < -0.39 is 10.0 Å². The highest BCUT2D eigenvalue weighted by molar-refractivity contribution is 8.14. The number of nitrogens with one attached hydrogen (secondary N) is 1. The summed E-state index contributed by atoms with van der Waals surface area (Å²) in [7, 11) is -3.81. The summed E-state index contributed by atoms with van der Waals surface area (Å²) < 4.78 is 33.0. The summed E-state index contributed by atoms with van der Waals surface area (Å²) in [5, 5.41) is 0.439. The van der Waals surface area contributed by atoms with E-state index in [2.05, 4.69) is 40.1 Å². The number of hydrogen-bond donors (Lipinski definition) is 2. The van der Waals surface area contributed by atoms with Crippen molar-refractivity contribution < 1.29 is 8.42 Å². The molecule has 158 valence electrons. The molecule has 1 N–H and O–H groups in total. The van der Waals surface area contributed by atoms with Gasteiger partial charge < -0.3 is 0 Å². The molecule has 5 nitrogen and oxygen atoms in total. The van der Waals surface area contributed by atoms with Crippen LogP contribution in [-0.4, -0.2) is 19.8 Å². The second kappa shape index (κ2) is 10.1. The van der Waals surface area contributed by atoms with Gasteiger partial charge in [-0.05, 0) is 86.7 Å². The zero-order valence-corrected chi connectivity index (χ0v) is 20.0. The number of benzene rings is 2. The normalized spacial score (nSPS) is 12.2. The molecule has 2 aromatic carbocycles. The van der Waals surface area contributed by atoms with Crippen LogP contribution in [0.2, 0.25) is 0 Å². The number of thiol groups is 1. The number of thioether (sulfide) groups is 1. The molecule has 0 amide bonds. The quantitative estimate of drug-likeness (QED) is 0.238. The first-order valence-electron chi connectivity index (χ1n) is 9.10. The standard InChI is InChI=1S/C22H25N3O2S3/c1-7-17-16(6)20(29-22(24-28)23-9-3)13-19(18(17)8-2)25-30(26,27)21-12-10-11-14(4)15(21)5/h7-13,25,28H,1-2H2,3-6H3/b23-9-,24-22+. The molecular formula is C22H25N3O2S3. The third-order valence-corrected chi connectivity index (χ3v) is 7.51. The van der Waals surface area contributed by atoms with Crippen molar-refractivity contribution in [2.75, 3.05) is 4.72 Å². The fourth-order valence-electron chi connectivity index (χ4n) is 2.97. The first-order chi connectivity index (χ1) is 14.2. The summed E-state index contributed by atoms with van der Waals surface area (Å²) in [6.45, 7) is 15.1. The van der Waals surface area contributed by atoms with Crippen LogP contribution in [0, 0.1) is 20.8 Å². The predicted octanol–water partition coefficient (Wildman–Crippen LogP) is 6.08. The molecule has 0 saturated carbocycles. The maximum absolute atomic E-state index is 13.2. The number of aryl methyl sites for hydroxylation is 1. The Morgan fingerprint density at radius 2 is 1.80 bits per heavy atom. The monoisotopic (exact) mass is 459 g/mol. The van der Waals surface area contributed by atoms with Gasteiger partial charge >= 0.3 is 0 Å². The largest absolute Gasteiger partial charge is 0.279 e. The van der Waals surface area contributed by atoms with E-state index in [4.69, 9.17) is 0 Å². The van der Waals surface area contributed by atoms with Gasteiger partial charge in [0, 0.05) is 16.7 Å². The molecule has 0 aromatic heterocycles. The molecule has 0 aliphatic rings. The van der Waals surface area contributed by atoms with E-state index in [0.717, 1.165) is 21.6 Å². The molecule has 0 atom stereocenters. The van der Waals surface area contributed by atoms with Crippen LogP contribution in [0.25, 0.3) is 12.2 Å². The zero-order valence-electron chi connectivity index (χ0n) is 17.4. The van der Waals surface area contributed by atoms with Gasteiger partial charge in [0.25, 0.3) is 10.0 Å². The van der Waals surface area contributed by atoms with Crippen LogP contribution in [0.4, 0.5) is 5.69 Å². The molecule has 0 aliphatic carbocycles. The molecule has 0 radical (unpaired) electrons. The molecule has 0 fully saturated rings. The minimum atomic E-state index is -3.81. The summed E-state index contributed by atoms with van der Waals surface area (Å²) in [6.07, 6.45) is 4.93. The Morgan fingerprint density at radius 3 is 2.37 bits per heavy atom. The van der Waals surface area contributed by atoms with Crippen LogP contribution >= 0.6 is 24.6 Å². The Morgan fingerprint density at radius 1 is 1.13 bits per heavy atom. The van der Waals surface area contributed by atoms with Gasteiger partial charge in [-0.3, -0.25) is 4.72 Å². The lowest BCUT2D eigenvalue weighted by Crippen LogP contribution is -2.16. The fourth-order valence-corrected chi connectivity index (χ4v) is 5.37. The molecule has 0 saturated heterocycles. The Balaban J connectivity index is 2.66. The Kier molecular flexibility index (Phi) is 8.11. The zero-order chi connectivity index (χ0) is 22.5. The van der Waals surface area contributed by atoms with E-state index >= 15 is 0 Å². The molecule has 0 heterocycles. The van der Waals surface area contributed by atoms with Crippen molar-refractivity contribution in [1.82, 2.24) is 0 Å². The van der Waals surface area contributed by atoms with Gasteiger partial charge in [-0.25, -0.2) is 13.4 Å². The van der Waals surface area contributed by atoms with E-state index in [1.807, 2.05) is 19.9 Å². The smallest absolute Gasteiger partial charge is 0.262 e. The lowest BCUT2D eigenvalue weighted by Gasteiger charge is -2.18. The third kappa shape index (κ3) is 5.06. The van der Waals surface area contributed by atoms with Crippen LogP contribution in [0.1, 0.15) is 34.7 Å². The van der Waals surface area contributed by atoms with E-state index in [9.17, 15) is 8.42 Å². The summed E-state index contributed by atoms with van der Waals surface area (Å²) in [5.41, 5.74) is 4.38. The molecule has 0 unspecified atom stereocenters. The summed E-state index contributed by atoms with van der Waals surface area (Å²) >= 11 is 5.26. The maximum Gasteiger partial charge on any atom is 0.262 e. The average Bonchev–Trinajstić information content (AvgIpc) is 2.70. The molecule has 0 aliphatic heterocycles. The Bertz CT molecular complexity index is 1150. The van der Waals surface area contributed by atoms with Gasteiger partial charge in [0.1, 0.15) is 0 Å². The summed E-state index contributed by atoms with van der Waals surface area (Å²) in [5.74, 6) is 0. The van der Waals surface area contributed by atoms with Gasteiger partial charge in [0.2, 0.25) is 0 Å². The van der Waals surface area contributed by atoms with E-state index in [-0.39, 0.29) is 4.90 Å². The van der Waals surface area contributed by atoms with Crippen molar-refractivity contribution in [3.05, 3.63) is 65.2 Å². The van der Waals surface area contributed by atoms with Crippen molar-refractivity contribution in [2.45, 2.75) is 37.5 Å². The summed E-state index contributed by atoms with van der Waals surface area (Å²) in [4.78, 5) is 5.20. The molecule has 2 aromatic rings. The van der Waals surface area contributed by atoms with Crippen molar-refractivity contribution in [2.24, 2.45) is 9.39 Å². The van der Waals surface area contributed by atoms with Gasteiger partial charge in [-0.2, -0.15) is 4.40 Å². The van der Waals surface area contributed by atoms with Crippen molar-refractivity contribution >= 4 is 63.8 Å². The van der Waals surface area contributed by atoms with Crippen LogP contribution < -0.4 is 4.72 Å². The number of aliphatic imine (C=N–C) groups is 1. The van der Waals surface area contributed by atoms with Crippen molar-refractivity contribution in [3.63, 3.8) is 0 Å². The summed E-state index contributed by atoms with van der Waals surface area (Å²) in [6, 6.07) is 6.97. The molecule has 0 spiro atoms. The number of hydrogen-bond acceptors (Lipinski definition) is 5. The lowest BCUT2D eigenvalue weighted by atomic mass is 10.00. The van der Waals surface area contributed by atoms with Gasteiger partial charge in [-0.15, -0.1) is 0 Å². The Labute approximate surface area is 188 Å². The van der Waals surface area contributed by atoms with Gasteiger partial charge in [-0.1, -0.05) is 37.4 Å². The minimum absolute atomic E-state index is 0.237. The predicted molar refractivity (Wildman–Crippen MR) is 135 cm³/mol. The molecule has 30 heavy (non-hydrogen) atoms. The lowest BCUT2D eigenvalue weighted by molar-refractivity contribution is 0.600. The average molecular weight is 460 g/mol. The van der Waals surface area contributed by atoms with Gasteiger partial charge in [0.15, 0.2) is 5.17 Å². The number of nitrogens with zero attached hydrogens (tertiary/aromatic N) is 2. The number of sulfonamides is 1. The maximum atomic E-state index is 13.2. The first-order valence-corrected chi connectivity index (χ1v) is 11.8. The highest BCUT2D eigenvalue weighted by Crippen LogP contribution is 2.36. The number of rotatable bonds is 6. The second-order valence-electron chi connectivity index (χ2n) is 6.46. The first kappa shape index (κ1) is 24.0. The van der Waals surface area contributed by atoms with Crippen LogP contribution in [0.3, 0.4) is 0 Å². The SMILES string of the molecule is C=Cc1c(NS(=O)(=O)c2cccc(C)c2C)cc(SC(/N=C\C)=N/S)c(C)c1C=C. The third-order valence-electron chi connectivity index (χ3n) is 4.65. The van der Waals surface area contributed by atoms with Crippen LogP contribution in [0.15, 0.2) is 56.6 Å². The molecular weight excluding hydrogens is 434 g/mol. The second-order valence-corrected chi connectivity index (χ2v) is 9.32. The Hall–Kier alpha value is -2.29. The highest BCUT2D eigenvalue weighted by Gasteiger charge is 2.21.